The van der Waals surface area contributed by atoms with Crippen LogP contribution in [0.5, 0.6) is 0 Å². The molecule has 0 spiro atoms. The zero-order valence-corrected chi connectivity index (χ0v) is 11.5. The topological polar surface area (TPSA) is 55.6 Å². The maximum Gasteiger partial charge on any atom is 0.323 e. The van der Waals surface area contributed by atoms with Crippen LogP contribution in [0.4, 0.5) is 5.69 Å². The SMILES string of the molecule is CCOC(=O)[C@H]1SC(=S)N(c2ccccc2)[C@@H]1N. The zero-order valence-electron chi connectivity index (χ0n) is 9.91. The van der Waals surface area contributed by atoms with Crippen molar-refractivity contribution in [1.29, 1.82) is 0 Å². The lowest BCUT2D eigenvalue weighted by Crippen LogP contribution is -2.46. The van der Waals surface area contributed by atoms with Crippen molar-refractivity contribution in [2.45, 2.75) is 18.3 Å². The van der Waals surface area contributed by atoms with Gasteiger partial charge in [-0.2, -0.15) is 0 Å². The van der Waals surface area contributed by atoms with Crippen molar-refractivity contribution in [2.24, 2.45) is 5.73 Å². The molecule has 0 saturated carbocycles. The van der Waals surface area contributed by atoms with E-state index in [1.165, 1.54) is 11.8 Å². The Labute approximate surface area is 115 Å². The average molecular weight is 282 g/mol. The molecule has 4 nitrogen and oxygen atoms in total. The number of carbonyl (C=O) groups is 1. The first-order chi connectivity index (χ1) is 8.65. The minimum atomic E-state index is -0.482. The minimum absolute atomic E-state index is 0.309. The molecule has 1 heterocycles. The van der Waals surface area contributed by atoms with Gasteiger partial charge in [-0.1, -0.05) is 42.2 Å². The van der Waals surface area contributed by atoms with E-state index in [4.69, 9.17) is 22.7 Å². The van der Waals surface area contributed by atoms with Crippen LogP contribution in [0.3, 0.4) is 0 Å². The van der Waals surface area contributed by atoms with Crippen molar-refractivity contribution in [3.63, 3.8) is 0 Å². The quantitative estimate of drug-likeness (QED) is 0.673. The first-order valence-corrected chi connectivity index (χ1v) is 6.91. The molecule has 0 unspecified atom stereocenters. The Balaban J connectivity index is 2.20. The highest BCUT2D eigenvalue weighted by atomic mass is 32.2. The Bertz CT molecular complexity index is 453. The van der Waals surface area contributed by atoms with Gasteiger partial charge in [-0.3, -0.25) is 4.79 Å². The van der Waals surface area contributed by atoms with Crippen molar-refractivity contribution < 1.29 is 9.53 Å². The predicted molar refractivity (Wildman–Crippen MR) is 77.5 cm³/mol. The fourth-order valence-corrected chi connectivity index (χ4v) is 3.29. The standard InChI is InChI=1S/C12H14N2O2S2/c1-2-16-11(15)9-10(13)14(12(17)18-9)8-6-4-3-5-7-8/h3-7,9-10H,2,13H2,1H3/t9-,10-/m0/s1. The van der Waals surface area contributed by atoms with E-state index in [1.54, 1.807) is 11.8 Å². The van der Waals surface area contributed by atoms with Crippen molar-refractivity contribution >= 4 is 40.0 Å². The second kappa shape index (κ2) is 5.69. The van der Waals surface area contributed by atoms with Gasteiger partial charge in [0.15, 0.2) is 0 Å². The van der Waals surface area contributed by atoms with Crippen LogP contribution in [0, 0.1) is 0 Å². The normalized spacial score (nSPS) is 23.2. The zero-order chi connectivity index (χ0) is 13.1. The number of benzene rings is 1. The van der Waals surface area contributed by atoms with E-state index in [9.17, 15) is 4.79 Å². The molecular formula is C12H14N2O2S2. The van der Waals surface area contributed by atoms with Crippen LogP contribution in [0.15, 0.2) is 30.3 Å². The molecule has 0 aromatic heterocycles. The predicted octanol–water partition coefficient (Wildman–Crippen LogP) is 1.74. The summed E-state index contributed by atoms with van der Waals surface area (Å²) >= 11 is 6.56. The van der Waals surface area contributed by atoms with Crippen molar-refractivity contribution in [3.05, 3.63) is 30.3 Å². The van der Waals surface area contributed by atoms with Crippen LogP contribution in [0.1, 0.15) is 6.92 Å². The molecule has 1 aliphatic rings. The van der Waals surface area contributed by atoms with Crippen LogP contribution < -0.4 is 10.6 Å². The van der Waals surface area contributed by atoms with Gasteiger partial charge < -0.3 is 15.4 Å². The molecule has 0 amide bonds. The summed E-state index contributed by atoms with van der Waals surface area (Å²) in [6, 6.07) is 9.57. The third kappa shape index (κ3) is 2.50. The number of hydrogen-bond acceptors (Lipinski definition) is 5. The molecule has 2 atom stereocenters. The fourth-order valence-electron chi connectivity index (χ4n) is 1.77. The number of esters is 1. The van der Waals surface area contributed by atoms with Gasteiger partial charge in [0.2, 0.25) is 0 Å². The van der Waals surface area contributed by atoms with E-state index in [0.29, 0.717) is 10.9 Å². The number of nitrogens with zero attached hydrogens (tertiary/aromatic N) is 1. The van der Waals surface area contributed by atoms with Gasteiger partial charge in [0.25, 0.3) is 0 Å². The van der Waals surface area contributed by atoms with Gasteiger partial charge in [0.05, 0.1) is 6.61 Å². The molecule has 0 bridgehead atoms. The van der Waals surface area contributed by atoms with Crippen molar-refractivity contribution in [3.8, 4) is 0 Å². The maximum atomic E-state index is 11.8. The molecule has 1 fully saturated rings. The van der Waals surface area contributed by atoms with E-state index in [1.807, 2.05) is 30.3 Å². The highest BCUT2D eigenvalue weighted by molar-refractivity contribution is 8.24. The number of hydrogen-bond donors (Lipinski definition) is 1. The van der Waals surface area contributed by atoms with Crippen LogP contribution in [0.2, 0.25) is 0 Å². The Morgan fingerprint density at radius 3 is 2.78 bits per heavy atom. The van der Waals surface area contributed by atoms with Crippen LogP contribution in [-0.2, 0) is 9.53 Å². The summed E-state index contributed by atoms with van der Waals surface area (Å²) in [4.78, 5) is 13.6. The molecule has 96 valence electrons. The second-order valence-corrected chi connectivity index (χ2v) is 5.53. The third-order valence-electron chi connectivity index (χ3n) is 2.59. The van der Waals surface area contributed by atoms with Gasteiger partial charge in [0, 0.05) is 5.69 Å². The molecule has 0 aliphatic carbocycles. The number of carbonyl (C=O) groups excluding carboxylic acids is 1. The van der Waals surface area contributed by atoms with E-state index in [0.717, 1.165) is 5.69 Å². The van der Waals surface area contributed by atoms with Crippen LogP contribution in [-0.4, -0.2) is 28.3 Å². The fraction of sp³-hybridized carbons (Fsp3) is 0.333. The number of nitrogens with two attached hydrogens (primary N) is 1. The highest BCUT2D eigenvalue weighted by Crippen LogP contribution is 2.34. The highest BCUT2D eigenvalue weighted by Gasteiger charge is 2.41. The summed E-state index contributed by atoms with van der Waals surface area (Å²) in [5.74, 6) is -0.309. The number of thiocarbonyl (C=S) groups is 1. The molecule has 18 heavy (non-hydrogen) atoms. The number of para-hydroxylation sites is 1. The summed E-state index contributed by atoms with van der Waals surface area (Å²) < 4.78 is 5.61. The molecule has 1 aliphatic heterocycles. The molecule has 2 N–H and O–H groups in total. The second-order valence-electron chi connectivity index (χ2n) is 3.75. The van der Waals surface area contributed by atoms with Gasteiger partial charge >= 0.3 is 5.97 Å². The lowest BCUT2D eigenvalue weighted by atomic mass is 10.2. The Morgan fingerprint density at radius 1 is 1.50 bits per heavy atom. The number of rotatable bonds is 3. The summed E-state index contributed by atoms with van der Waals surface area (Å²) in [6.45, 7) is 2.12. The number of thioether (sulfide) groups is 1. The largest absolute Gasteiger partial charge is 0.465 e. The lowest BCUT2D eigenvalue weighted by molar-refractivity contribution is -0.142. The smallest absolute Gasteiger partial charge is 0.323 e. The molecule has 1 saturated heterocycles. The maximum absolute atomic E-state index is 11.8. The van der Waals surface area contributed by atoms with Crippen molar-refractivity contribution in [1.82, 2.24) is 0 Å². The monoisotopic (exact) mass is 282 g/mol. The van der Waals surface area contributed by atoms with Gasteiger partial charge in [-0.15, -0.1) is 0 Å². The number of anilines is 1. The first kappa shape index (κ1) is 13.3. The number of ether oxygens (including phenoxy) is 1. The van der Waals surface area contributed by atoms with Crippen LogP contribution >= 0.6 is 24.0 Å². The van der Waals surface area contributed by atoms with Gasteiger partial charge in [-0.05, 0) is 19.1 Å². The molecule has 2 rings (SSSR count). The van der Waals surface area contributed by atoms with E-state index >= 15 is 0 Å². The Hall–Kier alpha value is -1.11. The summed E-state index contributed by atoms with van der Waals surface area (Å²) in [5.41, 5.74) is 6.99. The molecule has 1 aromatic rings. The molecule has 1 aromatic carbocycles. The Kier molecular flexibility index (Phi) is 4.21. The summed E-state index contributed by atoms with van der Waals surface area (Å²) in [7, 11) is 0. The first-order valence-electron chi connectivity index (χ1n) is 5.62. The van der Waals surface area contributed by atoms with E-state index in [-0.39, 0.29) is 5.97 Å². The molecule has 6 heteroatoms. The third-order valence-corrected chi connectivity index (χ3v) is 4.20. The van der Waals surface area contributed by atoms with E-state index in [2.05, 4.69) is 0 Å². The molecule has 0 radical (unpaired) electrons. The van der Waals surface area contributed by atoms with Gasteiger partial charge in [0.1, 0.15) is 15.7 Å². The van der Waals surface area contributed by atoms with Crippen molar-refractivity contribution in [2.75, 3.05) is 11.5 Å². The summed E-state index contributed by atoms with van der Waals surface area (Å²) in [6.07, 6.45) is -0.482. The lowest BCUT2D eigenvalue weighted by Gasteiger charge is -2.23. The van der Waals surface area contributed by atoms with Crippen LogP contribution in [0.25, 0.3) is 0 Å². The van der Waals surface area contributed by atoms with Gasteiger partial charge in [-0.25, -0.2) is 0 Å². The Morgan fingerprint density at radius 2 is 2.17 bits per heavy atom. The molecular weight excluding hydrogens is 268 g/mol. The minimum Gasteiger partial charge on any atom is -0.465 e. The average Bonchev–Trinajstić information content (AvgIpc) is 2.66. The summed E-state index contributed by atoms with van der Waals surface area (Å²) in [5, 5.41) is -0.461. The van der Waals surface area contributed by atoms with E-state index < -0.39 is 11.4 Å².